The minimum Gasteiger partial charge on any atom is -0.369 e. The zero-order valence-corrected chi connectivity index (χ0v) is 13.3. The van der Waals surface area contributed by atoms with Crippen LogP contribution < -0.4 is 11.1 Å². The summed E-state index contributed by atoms with van der Waals surface area (Å²) in [5, 5.41) is 6.06. The predicted molar refractivity (Wildman–Crippen MR) is 87.1 cm³/mol. The largest absolute Gasteiger partial charge is 0.369 e. The minimum atomic E-state index is -0.292. The van der Waals surface area contributed by atoms with Gasteiger partial charge < -0.3 is 11.1 Å². The molecule has 3 heterocycles. The summed E-state index contributed by atoms with van der Waals surface area (Å²) in [6.07, 6.45) is 2.06. The van der Waals surface area contributed by atoms with Crippen molar-refractivity contribution >= 4 is 28.2 Å². The van der Waals surface area contributed by atoms with E-state index in [0.29, 0.717) is 0 Å². The van der Waals surface area contributed by atoms with E-state index in [1.807, 2.05) is 30.5 Å². The third-order valence-electron chi connectivity index (χ3n) is 3.69. The van der Waals surface area contributed by atoms with Gasteiger partial charge in [0.25, 0.3) is 0 Å². The number of likely N-dealkylation sites (tertiary alicyclic amines) is 1. The molecule has 3 rings (SSSR count). The van der Waals surface area contributed by atoms with Crippen LogP contribution in [0.1, 0.15) is 30.3 Å². The van der Waals surface area contributed by atoms with Crippen LogP contribution in [-0.4, -0.2) is 33.9 Å². The molecule has 1 aliphatic rings. The summed E-state index contributed by atoms with van der Waals surface area (Å²) in [7, 11) is 0. The van der Waals surface area contributed by atoms with Crippen molar-refractivity contribution in [1.82, 2.24) is 14.9 Å². The molecule has 22 heavy (non-hydrogen) atoms. The molecule has 116 valence electrons. The molecule has 0 spiro atoms. The van der Waals surface area contributed by atoms with Gasteiger partial charge in [0, 0.05) is 5.38 Å². The van der Waals surface area contributed by atoms with E-state index in [1.165, 1.54) is 0 Å². The second-order valence-electron chi connectivity index (χ2n) is 5.46. The van der Waals surface area contributed by atoms with E-state index in [2.05, 4.69) is 20.2 Å². The number of nitrogens with two attached hydrogens (primary N) is 1. The van der Waals surface area contributed by atoms with Crippen LogP contribution in [0.5, 0.6) is 0 Å². The summed E-state index contributed by atoms with van der Waals surface area (Å²) in [4.78, 5) is 22.3. The van der Waals surface area contributed by atoms with Crippen molar-refractivity contribution in [2.45, 2.75) is 25.8 Å². The molecule has 7 heteroatoms. The van der Waals surface area contributed by atoms with E-state index in [9.17, 15) is 4.79 Å². The minimum absolute atomic E-state index is 0.160. The number of anilines is 2. The van der Waals surface area contributed by atoms with Crippen LogP contribution in [0.2, 0.25) is 0 Å². The highest BCUT2D eigenvalue weighted by atomic mass is 32.1. The number of aromatic nitrogens is 2. The van der Waals surface area contributed by atoms with E-state index in [1.54, 1.807) is 11.3 Å². The molecule has 1 fully saturated rings. The number of nitrogens with one attached hydrogen (secondary N) is 1. The van der Waals surface area contributed by atoms with Gasteiger partial charge in [0.05, 0.1) is 24.0 Å². The molecule has 1 amide bonds. The first-order valence-electron chi connectivity index (χ1n) is 7.30. The number of rotatable bonds is 5. The summed E-state index contributed by atoms with van der Waals surface area (Å²) >= 11 is 1.56. The molecule has 0 radical (unpaired) electrons. The predicted octanol–water partition coefficient (Wildman–Crippen LogP) is 2.21. The van der Waals surface area contributed by atoms with Crippen LogP contribution in [0.3, 0.4) is 0 Å². The van der Waals surface area contributed by atoms with Crippen molar-refractivity contribution in [2.24, 2.45) is 5.73 Å². The first-order chi connectivity index (χ1) is 10.6. The van der Waals surface area contributed by atoms with Crippen LogP contribution in [0.15, 0.2) is 23.6 Å². The van der Waals surface area contributed by atoms with Crippen LogP contribution in [0.25, 0.3) is 0 Å². The number of carbonyl (C=O) groups is 1. The van der Waals surface area contributed by atoms with Crippen molar-refractivity contribution in [3.8, 4) is 0 Å². The van der Waals surface area contributed by atoms with Crippen molar-refractivity contribution in [3.05, 3.63) is 35.0 Å². The zero-order valence-electron chi connectivity index (χ0n) is 12.5. The maximum Gasteiger partial charge on any atom is 0.231 e. The Morgan fingerprint density at radius 2 is 2.36 bits per heavy atom. The zero-order chi connectivity index (χ0) is 15.5. The van der Waals surface area contributed by atoms with Gasteiger partial charge in [-0.15, -0.1) is 11.3 Å². The lowest BCUT2D eigenvalue weighted by Crippen LogP contribution is -2.33. The fraction of sp³-hybridized carbons (Fsp3) is 0.400. The van der Waals surface area contributed by atoms with Crippen LogP contribution in [-0.2, 0) is 4.79 Å². The number of thiazole rings is 1. The van der Waals surface area contributed by atoms with Crippen molar-refractivity contribution in [2.75, 3.05) is 18.4 Å². The summed E-state index contributed by atoms with van der Waals surface area (Å²) in [6, 6.07) is 6.06. The Morgan fingerprint density at radius 3 is 3.09 bits per heavy atom. The topological polar surface area (TPSA) is 84.1 Å². The summed E-state index contributed by atoms with van der Waals surface area (Å²) < 4.78 is 0. The summed E-state index contributed by atoms with van der Waals surface area (Å²) in [6.45, 7) is 3.14. The number of amides is 1. The lowest BCUT2D eigenvalue weighted by atomic mass is 10.1. The summed E-state index contributed by atoms with van der Waals surface area (Å²) in [5.74, 6) is 0.484. The highest BCUT2D eigenvalue weighted by Gasteiger charge is 2.28. The lowest BCUT2D eigenvalue weighted by molar-refractivity contribution is -0.119. The lowest BCUT2D eigenvalue weighted by Gasteiger charge is -2.22. The molecule has 1 atom stereocenters. The molecule has 1 aliphatic heterocycles. The van der Waals surface area contributed by atoms with Gasteiger partial charge >= 0.3 is 0 Å². The maximum absolute atomic E-state index is 11.2. The number of hydrogen-bond acceptors (Lipinski definition) is 6. The van der Waals surface area contributed by atoms with Gasteiger partial charge in [-0.1, -0.05) is 6.07 Å². The van der Waals surface area contributed by atoms with Gasteiger partial charge in [-0.2, -0.15) is 0 Å². The second-order valence-corrected chi connectivity index (χ2v) is 6.32. The molecule has 2 aromatic heterocycles. The molecule has 0 bridgehead atoms. The molecule has 2 aromatic rings. The van der Waals surface area contributed by atoms with Gasteiger partial charge in [0.15, 0.2) is 5.13 Å². The molecular formula is C15H19N5OS. The van der Waals surface area contributed by atoms with E-state index in [0.717, 1.165) is 41.7 Å². The normalized spacial score (nSPS) is 18.5. The molecule has 0 aromatic carbocycles. The first-order valence-corrected chi connectivity index (χ1v) is 8.18. The quantitative estimate of drug-likeness (QED) is 0.883. The maximum atomic E-state index is 11.2. The summed E-state index contributed by atoms with van der Waals surface area (Å²) in [5.41, 5.74) is 7.29. The van der Waals surface area contributed by atoms with Crippen molar-refractivity contribution in [3.63, 3.8) is 0 Å². The smallest absolute Gasteiger partial charge is 0.231 e. The van der Waals surface area contributed by atoms with Gasteiger partial charge in [-0.05, 0) is 38.4 Å². The SMILES string of the molecule is Cc1csc(Nc2cccc([C@H]3CCCN3CC(N)=O)n2)n1. The molecule has 0 aliphatic carbocycles. The standard InChI is InChI=1S/C15H19N5OS/c1-10-9-22-15(17-10)19-14-6-2-4-11(18-14)12-5-3-7-20(12)8-13(16)21/h2,4,6,9,12H,3,5,7-8H2,1H3,(H2,16,21)(H,17,18,19)/t12-/m1/s1. The first kappa shape index (κ1) is 14.9. The fourth-order valence-corrected chi connectivity index (χ4v) is 3.47. The average molecular weight is 317 g/mol. The Balaban J connectivity index is 1.77. The van der Waals surface area contributed by atoms with E-state index in [4.69, 9.17) is 5.73 Å². The number of primary amides is 1. The Morgan fingerprint density at radius 1 is 1.50 bits per heavy atom. The van der Waals surface area contributed by atoms with E-state index in [-0.39, 0.29) is 18.5 Å². The average Bonchev–Trinajstić information content (AvgIpc) is 3.08. The van der Waals surface area contributed by atoms with E-state index >= 15 is 0 Å². The van der Waals surface area contributed by atoms with E-state index < -0.39 is 0 Å². The van der Waals surface area contributed by atoms with Gasteiger partial charge in [0.1, 0.15) is 5.82 Å². The molecule has 1 saturated heterocycles. The van der Waals surface area contributed by atoms with Crippen LogP contribution in [0.4, 0.5) is 10.9 Å². The number of nitrogens with zero attached hydrogens (tertiary/aromatic N) is 3. The number of carbonyl (C=O) groups excluding carboxylic acids is 1. The molecule has 6 nitrogen and oxygen atoms in total. The molecule has 0 saturated carbocycles. The Bertz CT molecular complexity index is 671. The number of aryl methyl sites for hydroxylation is 1. The number of pyridine rings is 1. The van der Waals surface area contributed by atoms with Gasteiger partial charge in [-0.3, -0.25) is 9.69 Å². The third kappa shape index (κ3) is 3.42. The monoisotopic (exact) mass is 317 g/mol. The second kappa shape index (κ2) is 6.41. The van der Waals surface area contributed by atoms with Gasteiger partial charge in [-0.25, -0.2) is 9.97 Å². The Labute approximate surface area is 133 Å². The number of hydrogen-bond donors (Lipinski definition) is 2. The molecule has 3 N–H and O–H groups in total. The van der Waals surface area contributed by atoms with Crippen LogP contribution >= 0.6 is 11.3 Å². The van der Waals surface area contributed by atoms with Gasteiger partial charge in [0.2, 0.25) is 5.91 Å². The highest BCUT2D eigenvalue weighted by molar-refractivity contribution is 7.13. The highest BCUT2D eigenvalue weighted by Crippen LogP contribution is 2.31. The Kier molecular flexibility index (Phi) is 4.35. The Hall–Kier alpha value is -1.99. The van der Waals surface area contributed by atoms with Crippen molar-refractivity contribution in [1.29, 1.82) is 0 Å². The third-order valence-corrected chi connectivity index (χ3v) is 4.56. The molecule has 0 unspecified atom stereocenters. The van der Waals surface area contributed by atoms with Crippen LogP contribution in [0, 0.1) is 6.92 Å². The molecular weight excluding hydrogens is 298 g/mol. The van der Waals surface area contributed by atoms with Crippen molar-refractivity contribution < 1.29 is 4.79 Å². The fourth-order valence-electron chi connectivity index (χ4n) is 2.78.